The van der Waals surface area contributed by atoms with Gasteiger partial charge in [-0.3, -0.25) is 9.59 Å². The maximum Gasteiger partial charge on any atom is 0.311 e. The van der Waals surface area contributed by atoms with E-state index >= 15 is 0 Å². The number of aliphatic carboxylic acids is 1. The van der Waals surface area contributed by atoms with E-state index in [9.17, 15) is 14.7 Å². The summed E-state index contributed by atoms with van der Waals surface area (Å²) >= 11 is 3.42. The number of hydrogen-bond donors (Lipinski definition) is 1. The summed E-state index contributed by atoms with van der Waals surface area (Å²) in [5.74, 6) is -0.866. The Morgan fingerprint density at radius 3 is 2.73 bits per heavy atom. The summed E-state index contributed by atoms with van der Waals surface area (Å²) in [5, 5.41) is 10.1. The number of likely N-dealkylation sites (tertiary alicyclic amines) is 1. The van der Waals surface area contributed by atoms with Gasteiger partial charge in [-0.1, -0.05) is 15.9 Å². The van der Waals surface area contributed by atoms with Gasteiger partial charge in [0.25, 0.3) is 5.91 Å². The molecule has 0 saturated carbocycles. The van der Waals surface area contributed by atoms with Gasteiger partial charge in [-0.25, -0.2) is 0 Å². The first-order valence-corrected chi connectivity index (χ1v) is 7.82. The van der Waals surface area contributed by atoms with Crippen molar-refractivity contribution in [3.8, 4) is 0 Å². The van der Waals surface area contributed by atoms with Gasteiger partial charge in [0.2, 0.25) is 0 Å². The molecule has 2 heterocycles. The maximum absolute atomic E-state index is 12.6. The molecule has 0 radical (unpaired) electrons. The molecule has 116 valence electrons. The smallest absolute Gasteiger partial charge is 0.311 e. The van der Waals surface area contributed by atoms with Crippen LogP contribution in [-0.4, -0.2) is 35.0 Å². The van der Waals surface area contributed by atoms with E-state index in [0.29, 0.717) is 18.5 Å². The second-order valence-electron chi connectivity index (χ2n) is 6.09. The molecule has 1 amide bonds. The standard InChI is InChI=1S/C16H16BrNO4/c1-9-5-11(17)6-10-7-12(22-13(9)10)14(19)18-4-3-16(2,8-18)15(20)21/h5-7H,3-4,8H2,1-2H3,(H,20,21). The van der Waals surface area contributed by atoms with Crippen molar-refractivity contribution >= 4 is 38.8 Å². The lowest BCUT2D eigenvalue weighted by Crippen LogP contribution is -2.34. The summed E-state index contributed by atoms with van der Waals surface area (Å²) in [6, 6.07) is 5.54. The summed E-state index contributed by atoms with van der Waals surface area (Å²) in [4.78, 5) is 25.4. The van der Waals surface area contributed by atoms with Gasteiger partial charge >= 0.3 is 5.97 Å². The average Bonchev–Trinajstić information content (AvgIpc) is 3.03. The Labute approximate surface area is 136 Å². The van der Waals surface area contributed by atoms with Crippen LogP contribution in [0, 0.1) is 12.3 Å². The zero-order chi connectivity index (χ0) is 16.1. The average molecular weight is 366 g/mol. The van der Waals surface area contributed by atoms with Gasteiger partial charge < -0.3 is 14.4 Å². The van der Waals surface area contributed by atoms with Gasteiger partial charge in [-0.15, -0.1) is 0 Å². The van der Waals surface area contributed by atoms with E-state index in [-0.39, 0.29) is 18.2 Å². The summed E-state index contributed by atoms with van der Waals surface area (Å²) < 4.78 is 6.62. The lowest BCUT2D eigenvalue weighted by molar-refractivity contribution is -0.147. The zero-order valence-electron chi connectivity index (χ0n) is 12.4. The van der Waals surface area contributed by atoms with Crippen LogP contribution in [0.1, 0.15) is 29.5 Å². The molecule has 1 aromatic carbocycles. The van der Waals surface area contributed by atoms with Gasteiger partial charge in [0.05, 0.1) is 5.41 Å². The first kappa shape index (κ1) is 15.1. The van der Waals surface area contributed by atoms with Crippen molar-refractivity contribution in [1.82, 2.24) is 4.90 Å². The van der Waals surface area contributed by atoms with Crippen molar-refractivity contribution in [2.45, 2.75) is 20.3 Å². The van der Waals surface area contributed by atoms with Gasteiger partial charge in [-0.2, -0.15) is 0 Å². The molecule has 1 fully saturated rings. The fourth-order valence-corrected chi connectivity index (χ4v) is 3.44. The molecule has 2 aromatic rings. The highest BCUT2D eigenvalue weighted by atomic mass is 79.9. The third kappa shape index (κ3) is 2.41. The highest BCUT2D eigenvalue weighted by Crippen LogP contribution is 2.32. The number of nitrogens with zero attached hydrogens (tertiary/aromatic N) is 1. The topological polar surface area (TPSA) is 70.8 Å². The van der Waals surface area contributed by atoms with Crippen LogP contribution in [0.4, 0.5) is 0 Å². The predicted molar refractivity (Wildman–Crippen MR) is 84.9 cm³/mol. The molecule has 1 saturated heterocycles. The van der Waals surface area contributed by atoms with Crippen molar-refractivity contribution in [3.05, 3.63) is 34.0 Å². The number of carboxylic acids is 1. The van der Waals surface area contributed by atoms with E-state index in [2.05, 4.69) is 15.9 Å². The Hall–Kier alpha value is -1.82. The molecule has 1 N–H and O–H groups in total. The van der Waals surface area contributed by atoms with Gasteiger partial charge in [0.15, 0.2) is 5.76 Å². The van der Waals surface area contributed by atoms with E-state index in [4.69, 9.17) is 4.42 Å². The SMILES string of the molecule is Cc1cc(Br)cc2cc(C(=O)N3CCC(C)(C(=O)O)C3)oc12. The number of carboxylic acid groups (broad SMARTS) is 1. The highest BCUT2D eigenvalue weighted by Gasteiger charge is 2.42. The number of furan rings is 1. The monoisotopic (exact) mass is 365 g/mol. The van der Waals surface area contributed by atoms with Crippen LogP contribution >= 0.6 is 15.9 Å². The number of hydrogen-bond acceptors (Lipinski definition) is 3. The molecular formula is C16H16BrNO4. The number of rotatable bonds is 2. The van der Waals surface area contributed by atoms with Crippen molar-refractivity contribution < 1.29 is 19.1 Å². The van der Waals surface area contributed by atoms with Crippen LogP contribution in [0.15, 0.2) is 27.1 Å². The molecule has 0 bridgehead atoms. The third-order valence-electron chi connectivity index (χ3n) is 4.25. The Kier molecular flexibility index (Phi) is 3.51. The van der Waals surface area contributed by atoms with Crippen LogP contribution in [0.5, 0.6) is 0 Å². The fourth-order valence-electron chi connectivity index (χ4n) is 2.85. The van der Waals surface area contributed by atoms with Gasteiger partial charge in [0.1, 0.15) is 5.58 Å². The summed E-state index contributed by atoms with van der Waals surface area (Å²) in [6.07, 6.45) is 0.457. The number of benzene rings is 1. The molecule has 1 aromatic heterocycles. The van der Waals surface area contributed by atoms with Crippen molar-refractivity contribution in [3.63, 3.8) is 0 Å². The van der Waals surface area contributed by atoms with Crippen LogP contribution in [0.25, 0.3) is 11.0 Å². The predicted octanol–water partition coefficient (Wildman–Crippen LogP) is 3.44. The molecule has 5 nitrogen and oxygen atoms in total. The number of amides is 1. The highest BCUT2D eigenvalue weighted by molar-refractivity contribution is 9.10. The lowest BCUT2D eigenvalue weighted by Gasteiger charge is -2.19. The van der Waals surface area contributed by atoms with E-state index in [1.165, 1.54) is 0 Å². The Balaban J connectivity index is 1.90. The lowest BCUT2D eigenvalue weighted by atomic mass is 9.90. The molecule has 1 aliphatic heterocycles. The van der Waals surface area contributed by atoms with E-state index in [1.54, 1.807) is 17.9 Å². The molecule has 0 spiro atoms. The van der Waals surface area contributed by atoms with Gasteiger partial charge in [-0.05, 0) is 44.0 Å². The molecule has 0 aliphatic carbocycles. The third-order valence-corrected chi connectivity index (χ3v) is 4.71. The first-order valence-electron chi connectivity index (χ1n) is 7.02. The normalized spacial score (nSPS) is 21.5. The first-order chi connectivity index (χ1) is 10.3. The Bertz CT molecular complexity index is 782. The minimum absolute atomic E-state index is 0.209. The zero-order valence-corrected chi connectivity index (χ0v) is 13.9. The number of carbonyl (C=O) groups is 2. The van der Waals surface area contributed by atoms with Crippen molar-refractivity contribution in [1.29, 1.82) is 0 Å². The van der Waals surface area contributed by atoms with E-state index in [0.717, 1.165) is 15.4 Å². The van der Waals surface area contributed by atoms with Gasteiger partial charge in [0, 0.05) is 22.9 Å². The molecule has 1 atom stereocenters. The van der Waals surface area contributed by atoms with Crippen LogP contribution in [0.3, 0.4) is 0 Å². The molecular weight excluding hydrogens is 350 g/mol. The Morgan fingerprint density at radius 1 is 1.36 bits per heavy atom. The summed E-state index contributed by atoms with van der Waals surface area (Å²) in [5.41, 5.74) is 0.757. The van der Waals surface area contributed by atoms with Crippen LogP contribution in [0.2, 0.25) is 0 Å². The largest absolute Gasteiger partial charge is 0.481 e. The molecule has 3 rings (SSSR count). The molecule has 22 heavy (non-hydrogen) atoms. The minimum Gasteiger partial charge on any atom is -0.481 e. The molecule has 1 unspecified atom stereocenters. The summed E-state index contributed by atoms with van der Waals surface area (Å²) in [7, 11) is 0. The maximum atomic E-state index is 12.6. The van der Waals surface area contributed by atoms with E-state index in [1.807, 2.05) is 19.1 Å². The van der Waals surface area contributed by atoms with E-state index < -0.39 is 11.4 Å². The molecule has 6 heteroatoms. The van der Waals surface area contributed by atoms with Crippen LogP contribution in [-0.2, 0) is 4.79 Å². The number of fused-ring (bicyclic) bond motifs is 1. The van der Waals surface area contributed by atoms with Crippen molar-refractivity contribution in [2.75, 3.05) is 13.1 Å². The number of halogens is 1. The second-order valence-corrected chi connectivity index (χ2v) is 7.01. The second kappa shape index (κ2) is 5.12. The quantitative estimate of drug-likeness (QED) is 0.884. The Morgan fingerprint density at radius 2 is 2.09 bits per heavy atom. The minimum atomic E-state index is -0.874. The fraction of sp³-hybridized carbons (Fsp3) is 0.375. The molecule has 1 aliphatic rings. The summed E-state index contributed by atoms with van der Waals surface area (Å²) in [6.45, 7) is 4.23. The number of aryl methyl sites for hydroxylation is 1. The number of carbonyl (C=O) groups excluding carboxylic acids is 1. The van der Waals surface area contributed by atoms with Crippen LogP contribution < -0.4 is 0 Å². The van der Waals surface area contributed by atoms with Crippen molar-refractivity contribution in [2.24, 2.45) is 5.41 Å².